The maximum Gasteiger partial charge on any atom is 0.264 e. The molecule has 0 unspecified atom stereocenters. The van der Waals surface area contributed by atoms with Gasteiger partial charge in [-0.25, -0.2) is 18.4 Å². The van der Waals surface area contributed by atoms with Crippen LogP contribution in [0.4, 0.5) is 17.3 Å². The number of para-hydroxylation sites is 1. The monoisotopic (exact) mass is 488 g/mol. The standard InChI is InChI=1S/C27H28N4O3S/c1-4-19-31(35(32,33)23-15-9-20(2)10-16-23)22-13-11-21(12-14-22)29-27-28-18-17-25(30-27)24-7-5-6-8-26(24)34-3/h5-18H,4,19H2,1-3H3,(H,28,29,30). The Morgan fingerprint density at radius 3 is 2.34 bits per heavy atom. The molecule has 35 heavy (non-hydrogen) atoms. The van der Waals surface area contributed by atoms with Gasteiger partial charge in [0.1, 0.15) is 5.75 Å². The number of anilines is 3. The molecule has 4 rings (SSSR count). The second-order valence-electron chi connectivity index (χ2n) is 8.03. The summed E-state index contributed by atoms with van der Waals surface area (Å²) in [4.78, 5) is 9.21. The van der Waals surface area contributed by atoms with Crippen molar-refractivity contribution in [3.8, 4) is 17.0 Å². The Bertz CT molecular complexity index is 1390. The van der Waals surface area contributed by atoms with Gasteiger partial charge in [0.2, 0.25) is 5.95 Å². The van der Waals surface area contributed by atoms with Crippen molar-refractivity contribution in [1.82, 2.24) is 9.97 Å². The Morgan fingerprint density at radius 1 is 0.943 bits per heavy atom. The van der Waals surface area contributed by atoms with Crippen molar-refractivity contribution in [3.05, 3.63) is 90.6 Å². The second kappa shape index (κ2) is 10.6. The lowest BCUT2D eigenvalue weighted by Crippen LogP contribution is -2.31. The van der Waals surface area contributed by atoms with Crippen molar-refractivity contribution in [2.45, 2.75) is 25.2 Å². The predicted molar refractivity (Wildman–Crippen MR) is 140 cm³/mol. The largest absolute Gasteiger partial charge is 0.496 e. The molecule has 0 fully saturated rings. The van der Waals surface area contributed by atoms with E-state index in [0.29, 0.717) is 24.6 Å². The van der Waals surface area contributed by atoms with Crippen LogP contribution in [0.15, 0.2) is 90.0 Å². The topological polar surface area (TPSA) is 84.4 Å². The van der Waals surface area contributed by atoms with Gasteiger partial charge in [-0.3, -0.25) is 4.31 Å². The molecule has 0 aliphatic carbocycles. The molecule has 0 saturated carbocycles. The Balaban J connectivity index is 1.57. The van der Waals surface area contributed by atoms with E-state index in [-0.39, 0.29) is 4.90 Å². The van der Waals surface area contributed by atoms with Crippen LogP contribution in [0.25, 0.3) is 11.3 Å². The number of nitrogens with one attached hydrogen (secondary N) is 1. The third-order valence-corrected chi connectivity index (χ3v) is 7.33. The van der Waals surface area contributed by atoms with Crippen LogP contribution in [0, 0.1) is 6.92 Å². The molecule has 0 amide bonds. The molecule has 0 spiro atoms. The zero-order valence-corrected chi connectivity index (χ0v) is 20.8. The van der Waals surface area contributed by atoms with Crippen molar-refractivity contribution >= 4 is 27.3 Å². The van der Waals surface area contributed by atoms with Gasteiger partial charge in [-0.05, 0) is 67.9 Å². The quantitative estimate of drug-likeness (QED) is 0.320. The highest BCUT2D eigenvalue weighted by atomic mass is 32.2. The molecule has 0 aliphatic heterocycles. The van der Waals surface area contributed by atoms with E-state index in [1.54, 1.807) is 37.6 Å². The Hall–Kier alpha value is -3.91. The first kappa shape index (κ1) is 24.2. The average molecular weight is 489 g/mol. The first-order valence-electron chi connectivity index (χ1n) is 11.4. The van der Waals surface area contributed by atoms with Crippen molar-refractivity contribution in [1.29, 1.82) is 0 Å². The van der Waals surface area contributed by atoms with Crippen molar-refractivity contribution in [2.75, 3.05) is 23.3 Å². The minimum absolute atomic E-state index is 0.278. The number of nitrogens with zero attached hydrogens (tertiary/aromatic N) is 3. The molecule has 1 heterocycles. The molecule has 8 heteroatoms. The zero-order valence-electron chi connectivity index (χ0n) is 20.0. The summed E-state index contributed by atoms with van der Waals surface area (Å²) in [5, 5.41) is 3.20. The average Bonchev–Trinajstić information content (AvgIpc) is 2.88. The zero-order chi connectivity index (χ0) is 24.8. The molecule has 1 N–H and O–H groups in total. The number of hydrogen-bond donors (Lipinski definition) is 1. The third-order valence-electron chi connectivity index (χ3n) is 5.49. The van der Waals surface area contributed by atoms with Gasteiger partial charge in [-0.1, -0.05) is 36.8 Å². The second-order valence-corrected chi connectivity index (χ2v) is 9.89. The van der Waals surface area contributed by atoms with Crippen LogP contribution in [0.2, 0.25) is 0 Å². The van der Waals surface area contributed by atoms with E-state index in [0.717, 1.165) is 28.3 Å². The molecule has 4 aromatic rings. The van der Waals surface area contributed by atoms with Crippen LogP contribution in [0.3, 0.4) is 0 Å². The molecule has 0 bridgehead atoms. The molecular formula is C27H28N4O3S. The van der Waals surface area contributed by atoms with E-state index in [9.17, 15) is 8.42 Å². The van der Waals surface area contributed by atoms with Gasteiger partial charge >= 0.3 is 0 Å². The van der Waals surface area contributed by atoms with E-state index in [1.807, 2.05) is 68.4 Å². The fourth-order valence-electron chi connectivity index (χ4n) is 3.69. The normalized spacial score (nSPS) is 11.2. The van der Waals surface area contributed by atoms with E-state index in [1.165, 1.54) is 4.31 Å². The van der Waals surface area contributed by atoms with Crippen LogP contribution in [0.5, 0.6) is 5.75 Å². The summed E-state index contributed by atoms with van der Waals surface area (Å²) >= 11 is 0. The van der Waals surface area contributed by atoms with Crippen molar-refractivity contribution in [3.63, 3.8) is 0 Å². The molecule has 0 saturated heterocycles. The fourth-order valence-corrected chi connectivity index (χ4v) is 5.25. The Kier molecular flexibility index (Phi) is 7.31. The van der Waals surface area contributed by atoms with Gasteiger partial charge in [0.15, 0.2) is 0 Å². The van der Waals surface area contributed by atoms with Gasteiger partial charge in [0.25, 0.3) is 10.0 Å². The summed E-state index contributed by atoms with van der Waals surface area (Å²) in [6, 6.07) is 23.6. The molecule has 0 aliphatic rings. The van der Waals surface area contributed by atoms with Crippen molar-refractivity contribution in [2.24, 2.45) is 0 Å². The van der Waals surface area contributed by atoms with E-state index < -0.39 is 10.0 Å². The lowest BCUT2D eigenvalue weighted by Gasteiger charge is -2.24. The lowest BCUT2D eigenvalue weighted by molar-refractivity contribution is 0.416. The summed E-state index contributed by atoms with van der Waals surface area (Å²) in [6.45, 7) is 4.27. The molecule has 180 valence electrons. The third kappa shape index (κ3) is 5.44. The minimum atomic E-state index is -3.67. The van der Waals surface area contributed by atoms with E-state index in [4.69, 9.17) is 4.74 Å². The van der Waals surface area contributed by atoms with Gasteiger partial charge < -0.3 is 10.1 Å². The van der Waals surface area contributed by atoms with Crippen LogP contribution < -0.4 is 14.4 Å². The number of aromatic nitrogens is 2. The van der Waals surface area contributed by atoms with Crippen LogP contribution in [-0.4, -0.2) is 32.0 Å². The Morgan fingerprint density at radius 2 is 1.66 bits per heavy atom. The van der Waals surface area contributed by atoms with Crippen molar-refractivity contribution < 1.29 is 13.2 Å². The number of rotatable bonds is 9. The minimum Gasteiger partial charge on any atom is -0.496 e. The molecule has 0 atom stereocenters. The van der Waals surface area contributed by atoms with E-state index >= 15 is 0 Å². The summed E-state index contributed by atoms with van der Waals surface area (Å²) < 4.78 is 33.5. The summed E-state index contributed by atoms with van der Waals surface area (Å²) in [5.74, 6) is 1.16. The first-order valence-corrected chi connectivity index (χ1v) is 12.8. The highest BCUT2D eigenvalue weighted by Crippen LogP contribution is 2.29. The molecule has 0 radical (unpaired) electrons. The van der Waals surface area contributed by atoms with Crippen LogP contribution in [-0.2, 0) is 10.0 Å². The summed E-state index contributed by atoms with van der Waals surface area (Å²) in [5.41, 5.74) is 3.96. The molecule has 3 aromatic carbocycles. The first-order chi connectivity index (χ1) is 16.9. The maximum atomic E-state index is 13.3. The van der Waals surface area contributed by atoms with Crippen LogP contribution in [0.1, 0.15) is 18.9 Å². The number of ether oxygens (including phenoxy) is 1. The predicted octanol–water partition coefficient (Wildman–Crippen LogP) is 5.81. The SMILES string of the molecule is CCCN(c1ccc(Nc2nccc(-c3ccccc3OC)n2)cc1)S(=O)(=O)c1ccc(C)cc1. The number of hydrogen-bond acceptors (Lipinski definition) is 6. The maximum absolute atomic E-state index is 13.3. The molecule has 1 aromatic heterocycles. The highest BCUT2D eigenvalue weighted by Gasteiger charge is 2.24. The fraction of sp³-hybridized carbons (Fsp3) is 0.185. The smallest absolute Gasteiger partial charge is 0.264 e. The van der Waals surface area contributed by atoms with E-state index in [2.05, 4.69) is 15.3 Å². The van der Waals surface area contributed by atoms with Crippen LogP contribution >= 0.6 is 0 Å². The van der Waals surface area contributed by atoms with Gasteiger partial charge in [0, 0.05) is 24.0 Å². The lowest BCUT2D eigenvalue weighted by atomic mass is 10.1. The van der Waals surface area contributed by atoms with Gasteiger partial charge in [-0.2, -0.15) is 0 Å². The summed E-state index contributed by atoms with van der Waals surface area (Å²) in [7, 11) is -2.04. The highest BCUT2D eigenvalue weighted by molar-refractivity contribution is 7.92. The summed E-state index contributed by atoms with van der Waals surface area (Å²) in [6.07, 6.45) is 2.37. The number of aryl methyl sites for hydroxylation is 1. The number of methoxy groups -OCH3 is 1. The molecular weight excluding hydrogens is 460 g/mol. The number of benzene rings is 3. The Labute approximate surface area is 206 Å². The number of sulfonamides is 1. The van der Waals surface area contributed by atoms with Gasteiger partial charge in [-0.15, -0.1) is 0 Å². The molecule has 7 nitrogen and oxygen atoms in total. The van der Waals surface area contributed by atoms with Gasteiger partial charge in [0.05, 0.1) is 23.4 Å².